The Morgan fingerprint density at radius 2 is 2.23 bits per heavy atom. The van der Waals surface area contributed by atoms with Gasteiger partial charge in [-0.3, -0.25) is 0 Å². The third-order valence-electron chi connectivity index (χ3n) is 4.96. The molecule has 2 aromatic heterocycles. The van der Waals surface area contributed by atoms with Gasteiger partial charge >= 0.3 is 0 Å². The van der Waals surface area contributed by atoms with Crippen LogP contribution in [0.1, 0.15) is 18.4 Å². The fourth-order valence-electron chi connectivity index (χ4n) is 3.62. The number of benzene rings is 1. The Hall–Kier alpha value is -2.67. The van der Waals surface area contributed by atoms with Gasteiger partial charge in [0.05, 0.1) is 12.6 Å². The highest BCUT2D eigenvalue weighted by Crippen LogP contribution is 2.25. The number of hydrogen-bond donors (Lipinski definition) is 3. The van der Waals surface area contributed by atoms with E-state index >= 15 is 0 Å². The topological polar surface area (TPSA) is 77.1 Å². The molecule has 0 bridgehead atoms. The minimum Gasteiger partial charge on any atom is -0.394 e. The molecule has 1 fully saturated rings. The molecule has 1 saturated heterocycles. The lowest BCUT2D eigenvalue weighted by molar-refractivity contribution is 0.266. The average Bonchev–Trinajstić information content (AvgIpc) is 3.28. The maximum atomic E-state index is 13.3. The number of halogens is 1. The van der Waals surface area contributed by atoms with E-state index in [1.165, 1.54) is 12.1 Å². The van der Waals surface area contributed by atoms with E-state index in [4.69, 9.17) is 0 Å². The molecule has 1 aromatic carbocycles. The predicted octanol–water partition coefficient (Wildman–Crippen LogP) is 2.71. The molecule has 0 radical (unpaired) electrons. The molecule has 7 heteroatoms. The molecular weight excluding hydrogens is 333 g/mol. The third kappa shape index (κ3) is 3.35. The van der Waals surface area contributed by atoms with Crippen molar-refractivity contribution < 1.29 is 9.50 Å². The molecule has 0 saturated carbocycles. The molecule has 1 atom stereocenters. The number of hydrogen-bond acceptors (Lipinski definition) is 5. The number of nitrogens with one attached hydrogen (secondary N) is 2. The summed E-state index contributed by atoms with van der Waals surface area (Å²) < 4.78 is 13.3. The fourth-order valence-corrected chi connectivity index (χ4v) is 3.62. The van der Waals surface area contributed by atoms with Crippen LogP contribution in [0.3, 0.4) is 0 Å². The molecule has 1 unspecified atom stereocenters. The molecule has 0 spiro atoms. The summed E-state index contributed by atoms with van der Waals surface area (Å²) in [6.07, 6.45) is 6.34. The Bertz CT molecular complexity index is 897. The number of rotatable bonds is 6. The van der Waals surface area contributed by atoms with E-state index in [-0.39, 0.29) is 18.5 Å². The minimum atomic E-state index is -0.236. The van der Waals surface area contributed by atoms with E-state index in [2.05, 4.69) is 25.2 Å². The Morgan fingerprint density at radius 3 is 3.12 bits per heavy atom. The zero-order valence-corrected chi connectivity index (χ0v) is 14.5. The van der Waals surface area contributed by atoms with Crippen LogP contribution in [-0.4, -0.2) is 45.8 Å². The van der Waals surface area contributed by atoms with E-state index < -0.39 is 0 Å². The largest absolute Gasteiger partial charge is 0.394 e. The summed E-state index contributed by atoms with van der Waals surface area (Å²) in [5.41, 5.74) is 1.95. The van der Waals surface area contributed by atoms with Crippen molar-refractivity contribution in [3.8, 4) is 0 Å². The first-order valence-corrected chi connectivity index (χ1v) is 8.93. The Balaban J connectivity index is 1.41. The maximum absolute atomic E-state index is 13.3. The van der Waals surface area contributed by atoms with Gasteiger partial charge in [0, 0.05) is 36.3 Å². The van der Waals surface area contributed by atoms with Gasteiger partial charge in [-0.05, 0) is 43.0 Å². The van der Waals surface area contributed by atoms with Gasteiger partial charge in [-0.15, -0.1) is 0 Å². The van der Waals surface area contributed by atoms with E-state index in [1.54, 1.807) is 6.33 Å². The number of H-pyrrole nitrogens is 1. The van der Waals surface area contributed by atoms with Crippen LogP contribution in [0.5, 0.6) is 0 Å². The van der Waals surface area contributed by atoms with Gasteiger partial charge in [0.1, 0.15) is 23.8 Å². The molecule has 1 aliphatic heterocycles. The van der Waals surface area contributed by atoms with Crippen LogP contribution in [0.2, 0.25) is 0 Å². The molecule has 4 rings (SSSR count). The molecule has 26 heavy (non-hydrogen) atoms. The molecule has 0 aliphatic carbocycles. The normalized spacial score (nSPS) is 17.2. The summed E-state index contributed by atoms with van der Waals surface area (Å²) in [7, 11) is 0. The number of aromatic nitrogens is 3. The van der Waals surface area contributed by atoms with Crippen molar-refractivity contribution in [1.82, 2.24) is 15.0 Å². The van der Waals surface area contributed by atoms with Crippen molar-refractivity contribution in [2.45, 2.75) is 25.3 Å². The van der Waals surface area contributed by atoms with E-state index in [1.807, 2.05) is 18.3 Å². The van der Waals surface area contributed by atoms with E-state index in [9.17, 15) is 9.50 Å². The molecule has 3 aromatic rings. The van der Waals surface area contributed by atoms with Crippen LogP contribution in [0.15, 0.2) is 36.8 Å². The van der Waals surface area contributed by atoms with Crippen molar-refractivity contribution in [3.63, 3.8) is 0 Å². The van der Waals surface area contributed by atoms with Gasteiger partial charge < -0.3 is 20.3 Å². The quantitative estimate of drug-likeness (QED) is 0.634. The number of fused-ring (bicyclic) bond motifs is 1. The molecule has 3 N–H and O–H groups in total. The predicted molar refractivity (Wildman–Crippen MR) is 99.9 cm³/mol. The molecule has 1 aliphatic rings. The van der Waals surface area contributed by atoms with Crippen molar-refractivity contribution in [2.75, 3.05) is 29.9 Å². The van der Waals surface area contributed by atoms with Crippen molar-refractivity contribution in [3.05, 3.63) is 48.2 Å². The molecule has 136 valence electrons. The van der Waals surface area contributed by atoms with Crippen LogP contribution >= 0.6 is 0 Å². The van der Waals surface area contributed by atoms with Crippen LogP contribution < -0.4 is 10.2 Å². The van der Waals surface area contributed by atoms with Gasteiger partial charge in [-0.1, -0.05) is 0 Å². The molecule has 6 nitrogen and oxygen atoms in total. The first-order valence-electron chi connectivity index (χ1n) is 8.93. The zero-order chi connectivity index (χ0) is 17.9. The highest BCUT2D eigenvalue weighted by Gasteiger charge is 2.25. The van der Waals surface area contributed by atoms with E-state index in [0.29, 0.717) is 6.54 Å². The second kappa shape index (κ2) is 7.29. The van der Waals surface area contributed by atoms with Crippen molar-refractivity contribution in [2.24, 2.45) is 0 Å². The molecule has 0 amide bonds. The summed E-state index contributed by atoms with van der Waals surface area (Å²) in [4.78, 5) is 13.9. The summed E-state index contributed by atoms with van der Waals surface area (Å²) in [6, 6.07) is 6.87. The number of aromatic amines is 1. The van der Waals surface area contributed by atoms with Gasteiger partial charge in [-0.25, -0.2) is 14.4 Å². The summed E-state index contributed by atoms with van der Waals surface area (Å²) in [5.74, 6) is 1.38. The van der Waals surface area contributed by atoms with Gasteiger partial charge in [0.25, 0.3) is 0 Å². The standard InChI is InChI=1S/C19H22FN5O/c20-14-3-4-16-13(10-22-17(16)8-14)5-6-21-18-9-19(24-12-23-18)25-7-1-2-15(25)11-26/h3-4,8-10,12,15,22,26H,1-2,5-7,11H2,(H,21,23,24). The number of nitrogens with zero attached hydrogens (tertiary/aromatic N) is 3. The Kier molecular flexibility index (Phi) is 4.71. The Labute approximate surface area is 151 Å². The lowest BCUT2D eigenvalue weighted by Gasteiger charge is -2.24. The second-order valence-corrected chi connectivity index (χ2v) is 6.61. The van der Waals surface area contributed by atoms with Crippen LogP contribution in [0.25, 0.3) is 10.9 Å². The average molecular weight is 355 g/mol. The SMILES string of the molecule is OCC1CCCN1c1cc(NCCc2c[nH]c3cc(F)ccc23)ncn1. The summed E-state index contributed by atoms with van der Waals surface area (Å²) >= 11 is 0. The maximum Gasteiger partial charge on any atom is 0.134 e. The second-order valence-electron chi connectivity index (χ2n) is 6.61. The first-order chi connectivity index (χ1) is 12.7. The summed E-state index contributed by atoms with van der Waals surface area (Å²) in [5, 5.41) is 13.9. The fraction of sp³-hybridized carbons (Fsp3) is 0.368. The highest BCUT2D eigenvalue weighted by molar-refractivity contribution is 5.83. The van der Waals surface area contributed by atoms with Crippen molar-refractivity contribution >= 4 is 22.5 Å². The van der Waals surface area contributed by atoms with Gasteiger partial charge in [-0.2, -0.15) is 0 Å². The van der Waals surface area contributed by atoms with E-state index in [0.717, 1.165) is 53.9 Å². The minimum absolute atomic E-state index is 0.143. The van der Waals surface area contributed by atoms with Gasteiger partial charge in [0.15, 0.2) is 0 Å². The van der Waals surface area contributed by atoms with Crippen LogP contribution in [-0.2, 0) is 6.42 Å². The van der Waals surface area contributed by atoms with Crippen molar-refractivity contribution in [1.29, 1.82) is 0 Å². The zero-order valence-electron chi connectivity index (χ0n) is 14.5. The third-order valence-corrected chi connectivity index (χ3v) is 4.96. The highest BCUT2D eigenvalue weighted by atomic mass is 19.1. The van der Waals surface area contributed by atoms with Gasteiger partial charge in [0.2, 0.25) is 0 Å². The Morgan fingerprint density at radius 1 is 1.31 bits per heavy atom. The molecule has 3 heterocycles. The van der Waals surface area contributed by atoms with Crippen LogP contribution in [0.4, 0.5) is 16.0 Å². The first kappa shape index (κ1) is 16.8. The smallest absolute Gasteiger partial charge is 0.134 e. The number of anilines is 2. The number of aliphatic hydroxyl groups excluding tert-OH is 1. The lowest BCUT2D eigenvalue weighted by Crippen LogP contribution is -2.32. The number of aliphatic hydroxyl groups is 1. The summed E-state index contributed by atoms with van der Waals surface area (Å²) in [6.45, 7) is 1.77. The monoisotopic (exact) mass is 355 g/mol. The van der Waals surface area contributed by atoms with Crippen LogP contribution in [0, 0.1) is 5.82 Å². The lowest BCUT2D eigenvalue weighted by atomic mass is 10.1. The molecular formula is C19H22FN5O.